The van der Waals surface area contributed by atoms with E-state index in [9.17, 15) is 22.8 Å². The van der Waals surface area contributed by atoms with Gasteiger partial charge in [0.05, 0.1) is 5.56 Å². The highest BCUT2D eigenvalue weighted by Gasteiger charge is 2.38. The number of carbonyl (C=O) groups is 2. The van der Waals surface area contributed by atoms with Gasteiger partial charge in [0.2, 0.25) is 11.8 Å². The summed E-state index contributed by atoms with van der Waals surface area (Å²) in [4.78, 5) is 26.7. The van der Waals surface area contributed by atoms with E-state index in [0.717, 1.165) is 12.1 Å². The molecule has 2 aromatic rings. The maximum absolute atomic E-state index is 12.8. The van der Waals surface area contributed by atoms with Crippen molar-refractivity contribution in [3.8, 4) is 11.5 Å². The van der Waals surface area contributed by atoms with Crippen molar-refractivity contribution < 1.29 is 32.2 Å². The fraction of sp³-hybridized carbons (Fsp3) is 0.300. The van der Waals surface area contributed by atoms with Crippen molar-refractivity contribution in [1.29, 1.82) is 0 Å². The number of fused-ring (bicyclic) bond motifs is 1. The van der Waals surface area contributed by atoms with Gasteiger partial charge in [-0.2, -0.15) is 13.2 Å². The Morgan fingerprint density at radius 3 is 2.59 bits per heavy atom. The van der Waals surface area contributed by atoms with Gasteiger partial charge in [-0.1, -0.05) is 6.07 Å². The van der Waals surface area contributed by atoms with Crippen molar-refractivity contribution in [3.63, 3.8) is 0 Å². The topological polar surface area (TPSA) is 67.9 Å². The van der Waals surface area contributed by atoms with Gasteiger partial charge in [-0.3, -0.25) is 9.59 Å². The summed E-state index contributed by atoms with van der Waals surface area (Å²) in [6.07, 6.45) is -4.25. The van der Waals surface area contributed by atoms with Crippen LogP contribution in [0.2, 0.25) is 0 Å². The zero-order chi connectivity index (χ0) is 20.6. The van der Waals surface area contributed by atoms with E-state index < -0.39 is 29.5 Å². The lowest BCUT2D eigenvalue weighted by Gasteiger charge is -2.22. The fourth-order valence-corrected chi connectivity index (χ4v) is 3.38. The molecule has 4 rings (SSSR count). The Hall–Kier alpha value is -3.23. The third kappa shape index (κ3) is 3.85. The molecule has 6 nitrogen and oxygen atoms in total. The molecule has 2 aliphatic rings. The number of nitrogens with one attached hydrogen (secondary N) is 1. The van der Waals surface area contributed by atoms with Crippen molar-refractivity contribution in [2.75, 3.05) is 30.0 Å². The van der Waals surface area contributed by atoms with Crippen LogP contribution in [-0.2, 0) is 15.8 Å². The predicted octanol–water partition coefficient (Wildman–Crippen LogP) is 3.47. The molecule has 0 aromatic heterocycles. The highest BCUT2D eigenvalue weighted by molar-refractivity contribution is 6.13. The average molecular weight is 406 g/mol. The Balaban J connectivity index is 1.47. The summed E-state index contributed by atoms with van der Waals surface area (Å²) in [5.74, 6) is -0.901. The van der Waals surface area contributed by atoms with Crippen LogP contribution in [0.5, 0.6) is 11.5 Å². The molecule has 0 aliphatic carbocycles. The van der Waals surface area contributed by atoms with Gasteiger partial charge in [0, 0.05) is 24.0 Å². The van der Waals surface area contributed by atoms with Gasteiger partial charge < -0.3 is 19.7 Å². The zero-order valence-electron chi connectivity index (χ0n) is 15.2. The van der Waals surface area contributed by atoms with E-state index in [0.29, 0.717) is 36.9 Å². The number of benzene rings is 2. The van der Waals surface area contributed by atoms with E-state index in [4.69, 9.17) is 9.47 Å². The monoisotopic (exact) mass is 406 g/mol. The first-order chi connectivity index (χ1) is 13.8. The molecule has 0 bridgehead atoms. The number of alkyl halides is 3. The second-order valence-corrected chi connectivity index (χ2v) is 6.73. The van der Waals surface area contributed by atoms with Crippen molar-refractivity contribution in [2.24, 2.45) is 5.92 Å². The molecule has 1 atom stereocenters. The number of nitrogens with zero attached hydrogens (tertiary/aromatic N) is 1. The van der Waals surface area contributed by atoms with Crippen LogP contribution in [0.3, 0.4) is 0 Å². The van der Waals surface area contributed by atoms with Crippen LogP contribution in [0.15, 0.2) is 42.5 Å². The summed E-state index contributed by atoms with van der Waals surface area (Å²) in [6.45, 7) is 1.18. The summed E-state index contributed by atoms with van der Waals surface area (Å²) >= 11 is 0. The zero-order valence-corrected chi connectivity index (χ0v) is 15.2. The number of rotatable bonds is 3. The van der Waals surface area contributed by atoms with Crippen molar-refractivity contribution in [1.82, 2.24) is 0 Å². The van der Waals surface area contributed by atoms with Crippen LogP contribution in [-0.4, -0.2) is 31.6 Å². The Morgan fingerprint density at radius 1 is 1.07 bits per heavy atom. The lowest BCUT2D eigenvalue weighted by atomic mass is 10.1. The van der Waals surface area contributed by atoms with E-state index in [2.05, 4.69) is 5.32 Å². The van der Waals surface area contributed by atoms with Crippen LogP contribution >= 0.6 is 0 Å². The minimum atomic E-state index is -4.51. The van der Waals surface area contributed by atoms with E-state index in [1.807, 2.05) is 0 Å². The second kappa shape index (κ2) is 7.31. The molecule has 0 spiro atoms. The molecular weight excluding hydrogens is 389 g/mol. The van der Waals surface area contributed by atoms with Gasteiger partial charge in [-0.25, -0.2) is 0 Å². The fourth-order valence-electron chi connectivity index (χ4n) is 3.38. The molecule has 2 aliphatic heterocycles. The Labute approximate surface area is 164 Å². The van der Waals surface area contributed by atoms with E-state index in [-0.39, 0.29) is 12.1 Å². The smallest absolute Gasteiger partial charge is 0.416 e. The van der Waals surface area contributed by atoms with Crippen LogP contribution < -0.4 is 19.7 Å². The first kappa shape index (κ1) is 19.1. The van der Waals surface area contributed by atoms with Crippen molar-refractivity contribution >= 4 is 23.2 Å². The molecular formula is C20H17F3N2O4. The van der Waals surface area contributed by atoms with Gasteiger partial charge in [-0.05, 0) is 36.8 Å². The minimum absolute atomic E-state index is 0.00426. The summed E-state index contributed by atoms with van der Waals surface area (Å²) < 4.78 is 49.5. The van der Waals surface area contributed by atoms with Crippen LogP contribution in [0.1, 0.15) is 12.0 Å². The Morgan fingerprint density at radius 2 is 1.83 bits per heavy atom. The SMILES string of the molecule is O=C(Nc1cccc(C(F)(F)F)c1)C1CCN(c2ccc3c(c2)OCCO3)C1=O. The number of halogens is 3. The number of anilines is 2. The first-order valence-electron chi connectivity index (χ1n) is 9.02. The largest absolute Gasteiger partial charge is 0.486 e. The van der Waals surface area contributed by atoms with Gasteiger partial charge >= 0.3 is 6.18 Å². The molecule has 29 heavy (non-hydrogen) atoms. The molecule has 2 amide bonds. The molecule has 9 heteroatoms. The van der Waals surface area contributed by atoms with E-state index in [1.54, 1.807) is 18.2 Å². The highest BCUT2D eigenvalue weighted by Crippen LogP contribution is 2.36. The van der Waals surface area contributed by atoms with Gasteiger partial charge in [-0.15, -0.1) is 0 Å². The number of ether oxygens (including phenoxy) is 2. The average Bonchev–Trinajstić information content (AvgIpc) is 3.08. The molecule has 1 saturated heterocycles. The number of hydrogen-bond acceptors (Lipinski definition) is 4. The molecule has 152 valence electrons. The predicted molar refractivity (Wildman–Crippen MR) is 98.0 cm³/mol. The van der Waals surface area contributed by atoms with Gasteiger partial charge in [0.25, 0.3) is 0 Å². The number of hydrogen-bond donors (Lipinski definition) is 1. The lowest BCUT2D eigenvalue weighted by Crippen LogP contribution is -2.33. The molecule has 1 fully saturated rings. The molecule has 1 N–H and O–H groups in total. The normalized spacial score (nSPS) is 18.7. The number of carbonyl (C=O) groups excluding carboxylic acids is 2. The van der Waals surface area contributed by atoms with Crippen LogP contribution in [0.25, 0.3) is 0 Å². The number of amides is 2. The summed E-state index contributed by atoms with van der Waals surface area (Å²) in [6, 6.07) is 9.41. The van der Waals surface area contributed by atoms with E-state index in [1.165, 1.54) is 17.0 Å². The molecule has 0 radical (unpaired) electrons. The van der Waals surface area contributed by atoms with Crippen molar-refractivity contribution in [3.05, 3.63) is 48.0 Å². The highest BCUT2D eigenvalue weighted by atomic mass is 19.4. The summed E-state index contributed by atoms with van der Waals surface area (Å²) in [7, 11) is 0. The van der Waals surface area contributed by atoms with Crippen LogP contribution in [0.4, 0.5) is 24.5 Å². The van der Waals surface area contributed by atoms with E-state index >= 15 is 0 Å². The molecule has 0 saturated carbocycles. The maximum atomic E-state index is 12.8. The van der Waals surface area contributed by atoms with Crippen LogP contribution in [0, 0.1) is 5.92 Å². The van der Waals surface area contributed by atoms with Crippen molar-refractivity contribution in [2.45, 2.75) is 12.6 Å². The standard InChI is InChI=1S/C20H17F3N2O4/c21-20(22,23)12-2-1-3-13(10-12)24-18(26)15-6-7-25(19(15)27)14-4-5-16-17(11-14)29-9-8-28-16/h1-5,10-11,15H,6-9H2,(H,24,26). The third-order valence-corrected chi connectivity index (χ3v) is 4.82. The molecule has 2 heterocycles. The third-order valence-electron chi connectivity index (χ3n) is 4.82. The lowest BCUT2D eigenvalue weighted by molar-refractivity contribution is -0.137. The quantitative estimate of drug-likeness (QED) is 0.793. The second-order valence-electron chi connectivity index (χ2n) is 6.73. The van der Waals surface area contributed by atoms with Gasteiger partial charge in [0.1, 0.15) is 19.1 Å². The maximum Gasteiger partial charge on any atom is 0.416 e. The molecule has 1 unspecified atom stereocenters. The molecule has 2 aromatic carbocycles. The van der Waals surface area contributed by atoms with Gasteiger partial charge in [0.15, 0.2) is 11.5 Å². The first-order valence-corrected chi connectivity index (χ1v) is 9.02. The minimum Gasteiger partial charge on any atom is -0.486 e. The summed E-state index contributed by atoms with van der Waals surface area (Å²) in [5.41, 5.74) is -0.296. The Bertz CT molecular complexity index is 961. The summed E-state index contributed by atoms with van der Waals surface area (Å²) in [5, 5.41) is 2.42. The Kier molecular flexibility index (Phi) is 4.81.